The summed E-state index contributed by atoms with van der Waals surface area (Å²) in [7, 11) is 1.64. The molecule has 2 rings (SSSR count). The van der Waals surface area contributed by atoms with Crippen LogP contribution < -0.4 is 15.4 Å². The van der Waals surface area contributed by atoms with Crippen LogP contribution in [0.5, 0.6) is 5.75 Å². The fourth-order valence-electron chi connectivity index (χ4n) is 3.12. The largest absolute Gasteiger partial charge is 0.496 e. The highest BCUT2D eigenvalue weighted by Gasteiger charge is 2.34. The molecule has 116 valence electrons. The molecule has 0 radical (unpaired) electrons. The van der Waals surface area contributed by atoms with Crippen LogP contribution in [-0.4, -0.2) is 30.4 Å². The molecule has 5 heteroatoms. The third kappa shape index (κ3) is 3.47. The fraction of sp³-hybridized carbons (Fsp3) is 0.562. The first-order chi connectivity index (χ1) is 9.99. The minimum atomic E-state index is -0.458. The SMILES string of the molecule is COc1c(C)cc(NC(=O)NC2(CO)CCCC2)cc1C. The maximum Gasteiger partial charge on any atom is 0.319 e. The Morgan fingerprint density at radius 3 is 2.33 bits per heavy atom. The van der Waals surface area contributed by atoms with Crippen molar-refractivity contribution in [2.24, 2.45) is 0 Å². The molecule has 0 atom stereocenters. The van der Waals surface area contributed by atoms with Gasteiger partial charge in [-0.25, -0.2) is 4.79 Å². The number of carbonyl (C=O) groups excluding carboxylic acids is 1. The number of carbonyl (C=O) groups is 1. The molecule has 1 aliphatic carbocycles. The molecule has 1 saturated carbocycles. The highest BCUT2D eigenvalue weighted by molar-refractivity contribution is 5.90. The third-order valence-electron chi connectivity index (χ3n) is 4.16. The summed E-state index contributed by atoms with van der Waals surface area (Å²) in [4.78, 5) is 12.1. The van der Waals surface area contributed by atoms with E-state index in [0.717, 1.165) is 48.2 Å². The monoisotopic (exact) mass is 292 g/mol. The normalized spacial score (nSPS) is 16.6. The van der Waals surface area contributed by atoms with Gasteiger partial charge in [-0.05, 0) is 49.9 Å². The van der Waals surface area contributed by atoms with Gasteiger partial charge >= 0.3 is 6.03 Å². The van der Waals surface area contributed by atoms with Gasteiger partial charge in [0, 0.05) is 5.69 Å². The van der Waals surface area contributed by atoms with Crippen LogP contribution in [0.25, 0.3) is 0 Å². The van der Waals surface area contributed by atoms with Crippen LogP contribution >= 0.6 is 0 Å². The lowest BCUT2D eigenvalue weighted by atomic mass is 9.99. The number of aliphatic hydroxyl groups excluding tert-OH is 1. The molecule has 0 bridgehead atoms. The van der Waals surface area contributed by atoms with E-state index in [4.69, 9.17) is 4.74 Å². The number of methoxy groups -OCH3 is 1. The molecule has 0 aromatic heterocycles. The molecule has 2 amide bonds. The number of ether oxygens (including phenoxy) is 1. The first-order valence-corrected chi connectivity index (χ1v) is 7.35. The third-order valence-corrected chi connectivity index (χ3v) is 4.16. The molecule has 21 heavy (non-hydrogen) atoms. The first-order valence-electron chi connectivity index (χ1n) is 7.35. The number of nitrogens with one attached hydrogen (secondary N) is 2. The van der Waals surface area contributed by atoms with E-state index in [0.29, 0.717) is 0 Å². The second kappa shape index (κ2) is 6.35. The predicted octanol–water partition coefficient (Wildman–Crippen LogP) is 2.74. The molecule has 0 aliphatic heterocycles. The molecule has 1 aliphatic rings. The van der Waals surface area contributed by atoms with Gasteiger partial charge in [-0.1, -0.05) is 12.8 Å². The van der Waals surface area contributed by atoms with Gasteiger partial charge in [0.1, 0.15) is 5.75 Å². The average molecular weight is 292 g/mol. The summed E-state index contributed by atoms with van der Waals surface area (Å²) in [6.07, 6.45) is 3.75. The topological polar surface area (TPSA) is 70.6 Å². The highest BCUT2D eigenvalue weighted by atomic mass is 16.5. The number of hydrogen-bond acceptors (Lipinski definition) is 3. The maximum absolute atomic E-state index is 12.1. The number of rotatable bonds is 4. The van der Waals surface area contributed by atoms with E-state index in [9.17, 15) is 9.90 Å². The summed E-state index contributed by atoms with van der Waals surface area (Å²) in [5, 5.41) is 15.3. The summed E-state index contributed by atoms with van der Waals surface area (Å²) < 4.78 is 5.32. The molecule has 0 saturated heterocycles. The number of urea groups is 1. The standard InChI is InChI=1S/C16H24N2O3/c1-11-8-13(9-12(2)14(11)21-3)17-15(20)18-16(10-19)6-4-5-7-16/h8-9,19H,4-7,10H2,1-3H3,(H2,17,18,20). The molecule has 1 aromatic carbocycles. The van der Waals surface area contributed by atoms with Crippen molar-refractivity contribution in [3.05, 3.63) is 23.3 Å². The van der Waals surface area contributed by atoms with E-state index in [2.05, 4.69) is 10.6 Å². The fourth-order valence-corrected chi connectivity index (χ4v) is 3.12. The van der Waals surface area contributed by atoms with E-state index >= 15 is 0 Å². The van der Waals surface area contributed by atoms with Gasteiger partial charge in [-0.2, -0.15) is 0 Å². The Bertz CT molecular complexity index is 499. The first kappa shape index (κ1) is 15.6. The van der Waals surface area contributed by atoms with E-state index in [-0.39, 0.29) is 12.6 Å². The van der Waals surface area contributed by atoms with Crippen molar-refractivity contribution in [1.29, 1.82) is 0 Å². The Hall–Kier alpha value is -1.75. The Balaban J connectivity index is 2.06. The number of amides is 2. The van der Waals surface area contributed by atoms with Gasteiger partial charge in [0.25, 0.3) is 0 Å². The highest BCUT2D eigenvalue weighted by Crippen LogP contribution is 2.30. The summed E-state index contributed by atoms with van der Waals surface area (Å²) in [5.41, 5.74) is 2.23. The zero-order valence-electron chi connectivity index (χ0n) is 13.0. The summed E-state index contributed by atoms with van der Waals surface area (Å²) in [5.74, 6) is 0.837. The average Bonchev–Trinajstić information content (AvgIpc) is 2.87. The van der Waals surface area contributed by atoms with Crippen LogP contribution in [0.2, 0.25) is 0 Å². The molecule has 5 nitrogen and oxygen atoms in total. The molecule has 3 N–H and O–H groups in total. The summed E-state index contributed by atoms with van der Waals surface area (Å²) >= 11 is 0. The van der Waals surface area contributed by atoms with Crippen LogP contribution in [-0.2, 0) is 0 Å². The van der Waals surface area contributed by atoms with Gasteiger partial charge in [0.15, 0.2) is 0 Å². The Morgan fingerprint density at radius 1 is 1.29 bits per heavy atom. The van der Waals surface area contributed by atoms with Crippen molar-refractivity contribution in [2.75, 3.05) is 19.0 Å². The molecular weight excluding hydrogens is 268 g/mol. The van der Waals surface area contributed by atoms with E-state index < -0.39 is 5.54 Å². The smallest absolute Gasteiger partial charge is 0.319 e. The van der Waals surface area contributed by atoms with Gasteiger partial charge < -0.3 is 20.5 Å². The van der Waals surface area contributed by atoms with E-state index in [1.807, 2.05) is 26.0 Å². The van der Waals surface area contributed by atoms with Crippen molar-refractivity contribution in [2.45, 2.75) is 45.1 Å². The molecule has 1 aromatic rings. The predicted molar refractivity (Wildman–Crippen MR) is 82.9 cm³/mol. The second-order valence-corrected chi connectivity index (χ2v) is 5.87. The van der Waals surface area contributed by atoms with Gasteiger partial charge in [-0.15, -0.1) is 0 Å². The molecule has 1 fully saturated rings. The number of aliphatic hydroxyl groups is 1. The number of aryl methyl sites for hydroxylation is 2. The van der Waals surface area contributed by atoms with Crippen LogP contribution in [0, 0.1) is 13.8 Å². The zero-order chi connectivity index (χ0) is 15.5. The molecular formula is C16H24N2O3. The van der Waals surface area contributed by atoms with Crippen LogP contribution in [0.4, 0.5) is 10.5 Å². The lowest BCUT2D eigenvalue weighted by Crippen LogP contribution is -2.50. The molecule has 0 spiro atoms. The maximum atomic E-state index is 12.1. The lowest BCUT2D eigenvalue weighted by molar-refractivity contribution is 0.167. The number of anilines is 1. The van der Waals surface area contributed by atoms with E-state index in [1.54, 1.807) is 7.11 Å². The van der Waals surface area contributed by atoms with Gasteiger partial charge in [-0.3, -0.25) is 0 Å². The Morgan fingerprint density at radius 2 is 1.86 bits per heavy atom. The van der Waals surface area contributed by atoms with Gasteiger partial charge in [0.05, 0.1) is 19.3 Å². The van der Waals surface area contributed by atoms with Crippen molar-refractivity contribution in [3.63, 3.8) is 0 Å². The molecule has 0 heterocycles. The van der Waals surface area contributed by atoms with Crippen molar-refractivity contribution in [1.82, 2.24) is 5.32 Å². The van der Waals surface area contributed by atoms with E-state index in [1.165, 1.54) is 0 Å². The summed E-state index contributed by atoms with van der Waals surface area (Å²) in [6.45, 7) is 3.88. The minimum Gasteiger partial charge on any atom is -0.496 e. The quantitative estimate of drug-likeness (QED) is 0.799. The number of hydrogen-bond donors (Lipinski definition) is 3. The Kier molecular flexibility index (Phi) is 4.73. The lowest BCUT2D eigenvalue weighted by Gasteiger charge is -2.28. The Labute approximate surface area is 125 Å². The van der Waals surface area contributed by atoms with Crippen LogP contribution in [0.1, 0.15) is 36.8 Å². The van der Waals surface area contributed by atoms with Crippen molar-refractivity contribution < 1.29 is 14.6 Å². The van der Waals surface area contributed by atoms with Crippen LogP contribution in [0.15, 0.2) is 12.1 Å². The number of benzene rings is 1. The minimum absolute atomic E-state index is 0.0128. The van der Waals surface area contributed by atoms with Gasteiger partial charge in [0.2, 0.25) is 0 Å². The summed E-state index contributed by atoms with van der Waals surface area (Å²) in [6, 6.07) is 3.49. The second-order valence-electron chi connectivity index (χ2n) is 5.87. The zero-order valence-corrected chi connectivity index (χ0v) is 13.0. The molecule has 0 unspecified atom stereocenters. The van der Waals surface area contributed by atoms with Crippen LogP contribution in [0.3, 0.4) is 0 Å². The van der Waals surface area contributed by atoms with Crippen molar-refractivity contribution in [3.8, 4) is 5.75 Å². The van der Waals surface area contributed by atoms with Crippen molar-refractivity contribution >= 4 is 11.7 Å².